The Morgan fingerprint density at radius 1 is 1.24 bits per heavy atom. The van der Waals surface area contributed by atoms with Crippen molar-refractivity contribution < 1.29 is 14.6 Å². The molecule has 1 amide bonds. The van der Waals surface area contributed by atoms with Crippen molar-refractivity contribution in [2.75, 3.05) is 13.1 Å². The fourth-order valence-electron chi connectivity index (χ4n) is 2.51. The number of benzene rings is 1. The van der Waals surface area contributed by atoms with Gasteiger partial charge < -0.3 is 14.7 Å². The largest absolute Gasteiger partial charge is 0.508 e. The number of thiophene rings is 1. The molecule has 25 heavy (non-hydrogen) atoms. The number of thioether (sulfide) groups is 1. The summed E-state index contributed by atoms with van der Waals surface area (Å²) in [5, 5.41) is 9.32. The lowest BCUT2D eigenvalue weighted by molar-refractivity contribution is 0.00846. The molecule has 1 aliphatic rings. The summed E-state index contributed by atoms with van der Waals surface area (Å²) in [6, 6.07) is 11.6. The molecule has 0 atom stereocenters. The van der Waals surface area contributed by atoms with Gasteiger partial charge in [0.15, 0.2) is 0 Å². The molecule has 0 saturated carbocycles. The van der Waals surface area contributed by atoms with E-state index in [0.29, 0.717) is 11.7 Å². The van der Waals surface area contributed by atoms with Crippen molar-refractivity contribution in [1.82, 2.24) is 4.90 Å². The molecule has 6 heteroatoms. The molecule has 134 valence electrons. The molecule has 0 radical (unpaired) electrons. The Morgan fingerprint density at radius 2 is 1.92 bits per heavy atom. The molecule has 1 fully saturated rings. The predicted molar refractivity (Wildman–Crippen MR) is 103 cm³/mol. The van der Waals surface area contributed by atoms with Crippen LogP contribution in [0.15, 0.2) is 40.6 Å². The van der Waals surface area contributed by atoms with Gasteiger partial charge in [0, 0.05) is 29.6 Å². The van der Waals surface area contributed by atoms with Crippen LogP contribution in [-0.2, 0) is 10.5 Å². The van der Waals surface area contributed by atoms with E-state index in [1.807, 2.05) is 32.9 Å². The van der Waals surface area contributed by atoms with E-state index in [2.05, 4.69) is 12.1 Å². The first kappa shape index (κ1) is 18.1. The minimum absolute atomic E-state index is 0.220. The fourth-order valence-corrected chi connectivity index (χ4v) is 4.70. The summed E-state index contributed by atoms with van der Waals surface area (Å²) in [6.45, 7) is 7.13. The molecule has 0 aliphatic carbocycles. The van der Waals surface area contributed by atoms with Gasteiger partial charge in [-0.05, 0) is 50.6 Å². The number of rotatable bonds is 4. The highest BCUT2D eigenvalue weighted by molar-refractivity contribution is 8.00. The zero-order valence-corrected chi connectivity index (χ0v) is 16.3. The average molecular weight is 378 g/mol. The first-order valence-corrected chi connectivity index (χ1v) is 10.1. The topological polar surface area (TPSA) is 49.8 Å². The van der Waals surface area contributed by atoms with Gasteiger partial charge in [-0.25, -0.2) is 4.79 Å². The number of phenols is 1. The van der Waals surface area contributed by atoms with Crippen LogP contribution in [0.25, 0.3) is 0 Å². The smallest absolute Gasteiger partial charge is 0.410 e. The monoisotopic (exact) mass is 377 g/mol. The number of hydrogen-bond donors (Lipinski definition) is 1. The van der Waals surface area contributed by atoms with Gasteiger partial charge in [-0.15, -0.1) is 23.1 Å². The summed E-state index contributed by atoms with van der Waals surface area (Å²) in [4.78, 5) is 15.1. The molecule has 4 nitrogen and oxygen atoms in total. The zero-order valence-electron chi connectivity index (χ0n) is 14.7. The number of carbonyl (C=O) groups excluding carboxylic acids is 1. The Labute approximate surface area is 156 Å². The number of hydrogen-bond acceptors (Lipinski definition) is 5. The molecule has 2 heterocycles. The molecule has 2 aromatic rings. The number of phenolic OH excluding ortho intramolecular Hbond substituents is 1. The van der Waals surface area contributed by atoms with Gasteiger partial charge in [0.05, 0.1) is 4.21 Å². The molecule has 1 aromatic heterocycles. The lowest BCUT2D eigenvalue weighted by atomic mass is 9.99. The van der Waals surface area contributed by atoms with Gasteiger partial charge in [0.2, 0.25) is 0 Å². The first-order valence-electron chi connectivity index (χ1n) is 8.28. The maximum absolute atomic E-state index is 12.0. The summed E-state index contributed by atoms with van der Waals surface area (Å²) >= 11 is 3.60. The normalized spacial score (nSPS) is 15.1. The summed E-state index contributed by atoms with van der Waals surface area (Å²) in [5.74, 6) is 1.60. The molecule has 1 aliphatic heterocycles. The summed E-state index contributed by atoms with van der Waals surface area (Å²) < 4.78 is 6.67. The van der Waals surface area contributed by atoms with Crippen molar-refractivity contribution in [3.05, 3.63) is 46.8 Å². The lowest BCUT2D eigenvalue weighted by Crippen LogP contribution is -2.50. The quantitative estimate of drug-likeness (QED) is 0.755. The van der Waals surface area contributed by atoms with Crippen LogP contribution in [0.4, 0.5) is 4.79 Å². The predicted octanol–water partition coefficient (Wildman–Crippen LogP) is 5.08. The molecule has 1 N–H and O–H groups in total. The zero-order chi connectivity index (χ0) is 18.0. The Balaban J connectivity index is 1.48. The number of ether oxygens (including phenoxy) is 1. The highest BCUT2D eigenvalue weighted by Crippen LogP contribution is 2.37. The molecule has 0 bridgehead atoms. The Morgan fingerprint density at radius 3 is 2.56 bits per heavy atom. The highest BCUT2D eigenvalue weighted by Gasteiger charge is 2.35. The maximum atomic E-state index is 12.0. The van der Waals surface area contributed by atoms with E-state index in [1.54, 1.807) is 40.1 Å². The van der Waals surface area contributed by atoms with Crippen molar-refractivity contribution in [3.63, 3.8) is 0 Å². The number of carbonyl (C=O) groups is 1. The Hall–Kier alpha value is -1.66. The second-order valence-electron chi connectivity index (χ2n) is 7.19. The van der Waals surface area contributed by atoms with Crippen molar-refractivity contribution in [2.45, 2.75) is 42.3 Å². The molecule has 0 spiro atoms. The fraction of sp³-hybridized carbons (Fsp3) is 0.421. The van der Waals surface area contributed by atoms with Crippen molar-refractivity contribution >= 4 is 29.2 Å². The maximum Gasteiger partial charge on any atom is 0.410 e. The number of amides is 1. The van der Waals surface area contributed by atoms with Gasteiger partial charge in [0.25, 0.3) is 0 Å². The second-order valence-corrected chi connectivity index (χ2v) is 9.59. The number of nitrogens with zero attached hydrogens (tertiary/aromatic N) is 1. The number of likely N-dealkylation sites (tertiary alicyclic amines) is 1. The van der Waals surface area contributed by atoms with E-state index in [-0.39, 0.29) is 6.09 Å². The van der Waals surface area contributed by atoms with E-state index < -0.39 is 5.60 Å². The Kier molecular flexibility index (Phi) is 5.29. The first-order chi connectivity index (χ1) is 11.8. The summed E-state index contributed by atoms with van der Waals surface area (Å²) in [6.07, 6.45) is -0.220. The van der Waals surface area contributed by atoms with Gasteiger partial charge in [-0.3, -0.25) is 0 Å². The lowest BCUT2D eigenvalue weighted by Gasteiger charge is -2.39. The highest BCUT2D eigenvalue weighted by atomic mass is 32.2. The van der Waals surface area contributed by atoms with Gasteiger partial charge >= 0.3 is 6.09 Å². The summed E-state index contributed by atoms with van der Waals surface area (Å²) in [5.41, 5.74) is 0.751. The molecule has 0 unspecified atom stereocenters. The molecular weight excluding hydrogens is 354 g/mol. The summed E-state index contributed by atoms with van der Waals surface area (Å²) in [7, 11) is 0. The minimum Gasteiger partial charge on any atom is -0.508 e. The van der Waals surface area contributed by atoms with E-state index in [4.69, 9.17) is 4.74 Å². The number of aromatic hydroxyl groups is 1. The third-order valence-corrected chi connectivity index (χ3v) is 6.40. The van der Waals surface area contributed by atoms with E-state index in [0.717, 1.165) is 18.8 Å². The van der Waals surface area contributed by atoms with Crippen molar-refractivity contribution in [3.8, 4) is 5.75 Å². The molecule has 1 saturated heterocycles. The van der Waals surface area contributed by atoms with Crippen LogP contribution in [0, 0.1) is 0 Å². The average Bonchev–Trinajstić information content (AvgIpc) is 2.92. The van der Waals surface area contributed by atoms with Crippen LogP contribution in [0.5, 0.6) is 5.75 Å². The molecule has 1 aromatic carbocycles. The van der Waals surface area contributed by atoms with Crippen LogP contribution in [-0.4, -0.2) is 34.8 Å². The van der Waals surface area contributed by atoms with Crippen molar-refractivity contribution in [1.29, 1.82) is 0 Å². The molecular formula is C19H23NO3S2. The van der Waals surface area contributed by atoms with Gasteiger partial charge in [-0.1, -0.05) is 12.1 Å². The van der Waals surface area contributed by atoms with E-state index in [9.17, 15) is 9.90 Å². The van der Waals surface area contributed by atoms with E-state index in [1.165, 1.54) is 14.6 Å². The molecule has 3 rings (SSSR count). The third-order valence-electron chi connectivity index (χ3n) is 3.86. The third kappa shape index (κ3) is 4.92. The standard InChI is InChI=1S/C19H23NO3S2/c1-19(2,3)23-18(22)20-10-14(11-20)16-8-9-17(25-16)24-12-13-4-6-15(21)7-5-13/h4-9,14,21H,10-12H2,1-3H3. The van der Waals surface area contributed by atoms with Crippen LogP contribution in [0.2, 0.25) is 0 Å². The van der Waals surface area contributed by atoms with Crippen molar-refractivity contribution in [2.24, 2.45) is 0 Å². The van der Waals surface area contributed by atoms with Crippen LogP contribution in [0.1, 0.15) is 37.1 Å². The van der Waals surface area contributed by atoms with Gasteiger partial charge in [0.1, 0.15) is 11.4 Å². The van der Waals surface area contributed by atoms with Crippen LogP contribution >= 0.6 is 23.1 Å². The minimum atomic E-state index is -0.441. The SMILES string of the molecule is CC(C)(C)OC(=O)N1CC(c2ccc(SCc3ccc(O)cc3)s2)C1. The second kappa shape index (κ2) is 7.30. The Bertz CT molecular complexity index is 728. The van der Waals surface area contributed by atoms with E-state index >= 15 is 0 Å². The van der Waals surface area contributed by atoms with Crippen LogP contribution in [0.3, 0.4) is 0 Å². The van der Waals surface area contributed by atoms with Crippen LogP contribution < -0.4 is 0 Å². The van der Waals surface area contributed by atoms with Gasteiger partial charge in [-0.2, -0.15) is 0 Å².